The minimum atomic E-state index is 0.599. The van der Waals surface area contributed by atoms with E-state index in [-0.39, 0.29) is 0 Å². The highest BCUT2D eigenvalue weighted by Gasteiger charge is 2.18. The van der Waals surface area contributed by atoms with Gasteiger partial charge in [-0.25, -0.2) is 15.0 Å². The molecular weight excluding hydrogens is 542 g/mol. The second-order valence-electron chi connectivity index (χ2n) is 10.8. The van der Waals surface area contributed by atoms with E-state index in [2.05, 4.69) is 60.7 Å². The molecule has 6 aromatic carbocycles. The quantitative estimate of drug-likeness (QED) is 0.212. The molecule has 5 nitrogen and oxygen atoms in total. The van der Waals surface area contributed by atoms with Crippen LogP contribution in [0.15, 0.2) is 148 Å². The Morgan fingerprint density at radius 3 is 1.45 bits per heavy atom. The van der Waals surface area contributed by atoms with E-state index in [1.54, 1.807) is 0 Å². The second kappa shape index (κ2) is 9.75. The highest BCUT2D eigenvalue weighted by molar-refractivity contribution is 6.19. The third-order valence-corrected chi connectivity index (χ3v) is 8.16. The summed E-state index contributed by atoms with van der Waals surface area (Å²) in [7, 11) is 0. The largest absolute Gasteiger partial charge is 0.452 e. The summed E-state index contributed by atoms with van der Waals surface area (Å²) in [6.45, 7) is 0. The van der Waals surface area contributed by atoms with Crippen LogP contribution < -0.4 is 0 Å². The first kappa shape index (κ1) is 24.5. The van der Waals surface area contributed by atoms with Gasteiger partial charge in [-0.3, -0.25) is 0 Å². The molecule has 0 unspecified atom stereocenters. The number of fused-ring (bicyclic) bond motifs is 7. The molecule has 3 aromatic heterocycles. The monoisotopic (exact) mass is 565 g/mol. The minimum Gasteiger partial charge on any atom is -0.452 e. The normalized spacial score (nSPS) is 11.6. The van der Waals surface area contributed by atoms with E-state index < -0.39 is 0 Å². The third kappa shape index (κ3) is 3.98. The molecule has 44 heavy (non-hydrogen) atoms. The van der Waals surface area contributed by atoms with Gasteiger partial charge >= 0.3 is 0 Å². The summed E-state index contributed by atoms with van der Waals surface area (Å²) in [5, 5.41) is 4.09. The van der Waals surface area contributed by atoms with Crippen molar-refractivity contribution < 1.29 is 8.83 Å². The number of aromatic nitrogens is 3. The van der Waals surface area contributed by atoms with Gasteiger partial charge in [0.2, 0.25) is 0 Å². The van der Waals surface area contributed by atoms with Gasteiger partial charge in [-0.2, -0.15) is 0 Å². The highest BCUT2D eigenvalue weighted by Crippen LogP contribution is 2.39. The molecule has 5 heteroatoms. The molecule has 9 rings (SSSR count). The standard InChI is InChI=1S/C39H23N3O2/c1-3-9-24(10-4-1)25-15-17-27(18-16-25)38-40-37(26-11-5-2-6-12-26)41-39(42-38)28-19-22-34-32(23-28)31-21-20-30-29-13-7-8-14-33(29)43-35(30)36(31)44-34/h1-23H. The Kier molecular flexibility index (Phi) is 5.43. The van der Waals surface area contributed by atoms with Crippen LogP contribution >= 0.6 is 0 Å². The summed E-state index contributed by atoms with van der Waals surface area (Å²) >= 11 is 0. The molecule has 0 atom stereocenters. The van der Waals surface area contributed by atoms with Gasteiger partial charge < -0.3 is 8.83 Å². The van der Waals surface area contributed by atoms with Crippen molar-refractivity contribution in [2.75, 3.05) is 0 Å². The molecule has 0 saturated heterocycles. The van der Waals surface area contributed by atoms with E-state index in [9.17, 15) is 0 Å². The number of furan rings is 2. The molecule has 0 aliphatic rings. The van der Waals surface area contributed by atoms with Gasteiger partial charge in [-0.05, 0) is 47.5 Å². The smallest absolute Gasteiger partial charge is 0.178 e. The number of hydrogen-bond donors (Lipinski definition) is 0. The zero-order valence-electron chi connectivity index (χ0n) is 23.4. The van der Waals surface area contributed by atoms with Crippen LogP contribution in [-0.4, -0.2) is 15.0 Å². The Hall–Kier alpha value is -6.07. The molecule has 206 valence electrons. The van der Waals surface area contributed by atoms with Crippen molar-refractivity contribution >= 4 is 43.9 Å². The number of para-hydroxylation sites is 1. The average molecular weight is 566 g/mol. The van der Waals surface area contributed by atoms with Crippen LogP contribution in [0.3, 0.4) is 0 Å². The van der Waals surface area contributed by atoms with Gasteiger partial charge in [0, 0.05) is 38.2 Å². The van der Waals surface area contributed by atoms with Crippen molar-refractivity contribution in [2.24, 2.45) is 0 Å². The van der Waals surface area contributed by atoms with E-state index in [1.807, 2.05) is 78.9 Å². The Labute approximate surface area is 252 Å². The number of nitrogens with zero attached hydrogens (tertiary/aromatic N) is 3. The van der Waals surface area contributed by atoms with Crippen molar-refractivity contribution in [3.63, 3.8) is 0 Å². The fourth-order valence-electron chi connectivity index (χ4n) is 5.95. The molecule has 0 aliphatic carbocycles. The molecule has 0 N–H and O–H groups in total. The SMILES string of the molecule is c1ccc(-c2ccc(-c3nc(-c4ccccc4)nc(-c4ccc5oc6c(ccc7c8ccccc8oc76)c5c4)n3)cc2)cc1. The molecule has 0 bridgehead atoms. The summed E-state index contributed by atoms with van der Waals surface area (Å²) in [5.74, 6) is 1.84. The van der Waals surface area contributed by atoms with Crippen molar-refractivity contribution in [3.8, 4) is 45.3 Å². The van der Waals surface area contributed by atoms with Gasteiger partial charge in [0.1, 0.15) is 11.2 Å². The van der Waals surface area contributed by atoms with E-state index in [0.717, 1.165) is 66.1 Å². The van der Waals surface area contributed by atoms with Crippen LogP contribution in [0.4, 0.5) is 0 Å². The topological polar surface area (TPSA) is 65.0 Å². The molecule has 9 aromatic rings. The summed E-state index contributed by atoms with van der Waals surface area (Å²) in [4.78, 5) is 14.8. The Balaban J connectivity index is 1.20. The van der Waals surface area contributed by atoms with Crippen LogP contribution in [0.1, 0.15) is 0 Å². The summed E-state index contributed by atoms with van der Waals surface area (Å²) in [5.41, 5.74) is 8.17. The molecule has 0 fully saturated rings. The van der Waals surface area contributed by atoms with Crippen LogP contribution in [0.5, 0.6) is 0 Å². The second-order valence-corrected chi connectivity index (χ2v) is 10.8. The van der Waals surface area contributed by atoms with Gasteiger partial charge in [-0.15, -0.1) is 0 Å². The van der Waals surface area contributed by atoms with Gasteiger partial charge in [0.05, 0.1) is 0 Å². The lowest BCUT2D eigenvalue weighted by atomic mass is 10.0. The van der Waals surface area contributed by atoms with E-state index >= 15 is 0 Å². The molecule has 0 amide bonds. The first-order valence-corrected chi connectivity index (χ1v) is 14.5. The van der Waals surface area contributed by atoms with Crippen LogP contribution in [0.25, 0.3) is 89.2 Å². The van der Waals surface area contributed by atoms with Crippen LogP contribution in [-0.2, 0) is 0 Å². The van der Waals surface area contributed by atoms with Crippen LogP contribution in [0.2, 0.25) is 0 Å². The van der Waals surface area contributed by atoms with E-state index in [1.165, 1.54) is 5.56 Å². The zero-order valence-corrected chi connectivity index (χ0v) is 23.4. The van der Waals surface area contributed by atoms with Gasteiger partial charge in [0.15, 0.2) is 28.6 Å². The Morgan fingerprint density at radius 2 is 0.773 bits per heavy atom. The number of benzene rings is 6. The van der Waals surface area contributed by atoms with Crippen molar-refractivity contribution in [2.45, 2.75) is 0 Å². The predicted molar refractivity (Wildman–Crippen MR) is 176 cm³/mol. The molecule has 3 heterocycles. The summed E-state index contributed by atoms with van der Waals surface area (Å²) < 4.78 is 12.6. The fraction of sp³-hybridized carbons (Fsp3) is 0. The van der Waals surface area contributed by atoms with E-state index in [4.69, 9.17) is 23.8 Å². The maximum atomic E-state index is 6.37. The minimum absolute atomic E-state index is 0.599. The van der Waals surface area contributed by atoms with Gasteiger partial charge in [0.25, 0.3) is 0 Å². The first-order chi connectivity index (χ1) is 21.8. The third-order valence-electron chi connectivity index (χ3n) is 8.16. The maximum absolute atomic E-state index is 6.37. The molecule has 0 spiro atoms. The van der Waals surface area contributed by atoms with Crippen molar-refractivity contribution in [1.29, 1.82) is 0 Å². The molecule has 0 aliphatic heterocycles. The average Bonchev–Trinajstić information content (AvgIpc) is 3.67. The fourth-order valence-corrected chi connectivity index (χ4v) is 5.95. The number of hydrogen-bond acceptors (Lipinski definition) is 5. The predicted octanol–water partition coefficient (Wildman–Crippen LogP) is 10.3. The van der Waals surface area contributed by atoms with Crippen LogP contribution in [0, 0.1) is 0 Å². The lowest BCUT2D eigenvalue weighted by Gasteiger charge is -2.09. The van der Waals surface area contributed by atoms with Gasteiger partial charge in [-0.1, -0.05) is 103 Å². The molecule has 0 saturated carbocycles. The lowest BCUT2D eigenvalue weighted by molar-refractivity contribution is 0.633. The highest BCUT2D eigenvalue weighted by atomic mass is 16.4. The number of rotatable bonds is 4. The summed E-state index contributed by atoms with van der Waals surface area (Å²) in [6, 6.07) is 47.1. The zero-order chi connectivity index (χ0) is 29.0. The van der Waals surface area contributed by atoms with E-state index in [0.29, 0.717) is 17.5 Å². The Bertz CT molecular complexity index is 2480. The van der Waals surface area contributed by atoms with Crippen molar-refractivity contribution in [1.82, 2.24) is 15.0 Å². The molecular formula is C39H23N3O2. The van der Waals surface area contributed by atoms with Crippen molar-refractivity contribution in [3.05, 3.63) is 140 Å². The first-order valence-electron chi connectivity index (χ1n) is 14.5. The summed E-state index contributed by atoms with van der Waals surface area (Å²) in [6.07, 6.45) is 0. The Morgan fingerprint density at radius 1 is 0.318 bits per heavy atom. The lowest BCUT2D eigenvalue weighted by Crippen LogP contribution is -2.00. The maximum Gasteiger partial charge on any atom is 0.178 e. The molecule has 0 radical (unpaired) electrons.